The van der Waals surface area contributed by atoms with Gasteiger partial charge in [-0.1, -0.05) is 77.2 Å². The third-order valence-electron chi connectivity index (χ3n) is 4.07. The molecule has 1 heterocycles. The van der Waals surface area contributed by atoms with Crippen LogP contribution in [0.2, 0.25) is 0 Å². The van der Waals surface area contributed by atoms with Crippen LogP contribution in [0, 0.1) is 6.92 Å². The summed E-state index contributed by atoms with van der Waals surface area (Å²) < 4.78 is 6.27. The van der Waals surface area contributed by atoms with Crippen LogP contribution in [0.15, 0.2) is 71.6 Å². The maximum atomic E-state index is 12.5. The molecule has 2 N–H and O–H groups in total. The summed E-state index contributed by atoms with van der Waals surface area (Å²) in [5.74, 6) is 0.495. The normalized spacial score (nSPS) is 10.4. The highest BCUT2D eigenvalue weighted by molar-refractivity contribution is 8.01. The van der Waals surface area contributed by atoms with Crippen molar-refractivity contribution >= 4 is 39.9 Å². The average Bonchev–Trinajstić information content (AvgIpc) is 3.19. The lowest BCUT2D eigenvalue weighted by atomic mass is 10.2. The number of hydrogen-bond acceptors (Lipinski definition) is 6. The zero-order valence-corrected chi connectivity index (χ0v) is 18.7. The standard InChI is InChI=1S/C23H23N3O3S2/c1-3-13-24-20(28)15-30-23-26-21(17-7-5-4-6-8-17)22(31-23)25-19(27)14-29-18-11-9-16(2)10-12-18/h3-12H,1,13-15H2,2H3,(H,24,28)(H,25,27). The van der Waals surface area contributed by atoms with Gasteiger partial charge in [-0.05, 0) is 19.1 Å². The number of rotatable bonds is 10. The maximum absolute atomic E-state index is 12.5. The van der Waals surface area contributed by atoms with Crippen molar-refractivity contribution in [2.75, 3.05) is 24.2 Å². The first-order valence-corrected chi connectivity index (χ1v) is 11.4. The van der Waals surface area contributed by atoms with Gasteiger partial charge in [0.2, 0.25) is 5.91 Å². The number of benzene rings is 2. The molecular formula is C23H23N3O3S2. The Hall–Kier alpha value is -3.10. The molecule has 6 nitrogen and oxygen atoms in total. The number of aromatic nitrogens is 1. The minimum atomic E-state index is -0.276. The number of hydrogen-bond donors (Lipinski definition) is 2. The SMILES string of the molecule is C=CCNC(=O)CSc1nc(-c2ccccc2)c(NC(=O)COc2ccc(C)cc2)s1. The summed E-state index contributed by atoms with van der Waals surface area (Å²) in [5.41, 5.74) is 2.68. The highest BCUT2D eigenvalue weighted by Gasteiger charge is 2.17. The van der Waals surface area contributed by atoms with Crippen LogP contribution in [0.1, 0.15) is 5.56 Å². The van der Waals surface area contributed by atoms with Crippen molar-refractivity contribution < 1.29 is 14.3 Å². The summed E-state index contributed by atoms with van der Waals surface area (Å²) in [4.78, 5) is 29.0. The molecule has 3 aromatic rings. The fraction of sp³-hybridized carbons (Fsp3) is 0.174. The number of aryl methyl sites for hydroxylation is 1. The molecule has 0 unspecified atom stereocenters. The highest BCUT2D eigenvalue weighted by atomic mass is 32.2. The summed E-state index contributed by atoms with van der Waals surface area (Å²) >= 11 is 2.66. The van der Waals surface area contributed by atoms with Crippen molar-refractivity contribution in [3.8, 4) is 17.0 Å². The highest BCUT2D eigenvalue weighted by Crippen LogP contribution is 2.37. The molecule has 31 heavy (non-hydrogen) atoms. The van der Waals surface area contributed by atoms with E-state index in [0.29, 0.717) is 27.3 Å². The van der Waals surface area contributed by atoms with Gasteiger partial charge < -0.3 is 15.4 Å². The largest absolute Gasteiger partial charge is 0.484 e. The van der Waals surface area contributed by atoms with Crippen LogP contribution in [0.25, 0.3) is 11.3 Å². The van der Waals surface area contributed by atoms with Crippen molar-refractivity contribution in [2.24, 2.45) is 0 Å². The smallest absolute Gasteiger partial charge is 0.262 e. The van der Waals surface area contributed by atoms with Gasteiger partial charge in [0.15, 0.2) is 10.9 Å². The number of ether oxygens (including phenoxy) is 1. The van der Waals surface area contributed by atoms with E-state index in [1.54, 1.807) is 6.08 Å². The Morgan fingerprint density at radius 1 is 1.13 bits per heavy atom. The maximum Gasteiger partial charge on any atom is 0.262 e. The summed E-state index contributed by atoms with van der Waals surface area (Å²) in [6.45, 7) is 5.89. The molecule has 3 rings (SSSR count). The summed E-state index contributed by atoms with van der Waals surface area (Å²) in [6.07, 6.45) is 1.63. The minimum absolute atomic E-state index is 0.0987. The molecule has 0 saturated carbocycles. The molecule has 2 aromatic carbocycles. The van der Waals surface area contributed by atoms with Gasteiger partial charge in [-0.2, -0.15) is 0 Å². The van der Waals surface area contributed by atoms with Crippen LogP contribution < -0.4 is 15.4 Å². The fourth-order valence-corrected chi connectivity index (χ4v) is 4.46. The Labute approximate surface area is 189 Å². The number of carbonyl (C=O) groups is 2. The van der Waals surface area contributed by atoms with Gasteiger partial charge in [-0.3, -0.25) is 9.59 Å². The van der Waals surface area contributed by atoms with Crippen molar-refractivity contribution in [2.45, 2.75) is 11.3 Å². The van der Waals surface area contributed by atoms with Gasteiger partial charge in [-0.15, -0.1) is 6.58 Å². The lowest BCUT2D eigenvalue weighted by Gasteiger charge is -2.07. The zero-order chi connectivity index (χ0) is 22.1. The molecule has 0 fully saturated rings. The van der Waals surface area contributed by atoms with Gasteiger partial charge >= 0.3 is 0 Å². The van der Waals surface area contributed by atoms with E-state index < -0.39 is 0 Å². The minimum Gasteiger partial charge on any atom is -0.484 e. The number of thioether (sulfide) groups is 1. The van der Waals surface area contributed by atoms with Crippen LogP contribution in [0.5, 0.6) is 5.75 Å². The number of carbonyl (C=O) groups excluding carboxylic acids is 2. The molecule has 0 aliphatic carbocycles. The first-order valence-electron chi connectivity index (χ1n) is 9.61. The zero-order valence-electron chi connectivity index (χ0n) is 17.1. The first-order chi connectivity index (χ1) is 15.0. The molecule has 0 aliphatic rings. The number of amides is 2. The molecule has 0 spiro atoms. The number of thiazole rings is 1. The molecule has 0 radical (unpaired) electrons. The van der Waals surface area contributed by atoms with Gasteiger partial charge in [0.25, 0.3) is 5.91 Å². The third kappa shape index (κ3) is 6.97. The van der Waals surface area contributed by atoms with Crippen LogP contribution in [0.3, 0.4) is 0 Å². The fourth-order valence-electron chi connectivity index (χ4n) is 2.55. The Kier molecular flexibility index (Phi) is 8.26. The van der Waals surface area contributed by atoms with Crippen LogP contribution >= 0.6 is 23.1 Å². The van der Waals surface area contributed by atoms with Crippen molar-refractivity contribution in [3.05, 3.63) is 72.8 Å². The Balaban J connectivity index is 1.68. The predicted octanol–water partition coefficient (Wildman–Crippen LogP) is 4.53. The number of nitrogens with zero attached hydrogens (tertiary/aromatic N) is 1. The molecule has 0 atom stereocenters. The monoisotopic (exact) mass is 453 g/mol. The van der Waals surface area contributed by atoms with Gasteiger partial charge in [0.05, 0.1) is 5.75 Å². The van der Waals surface area contributed by atoms with Crippen LogP contribution in [-0.4, -0.2) is 35.7 Å². The van der Waals surface area contributed by atoms with Gasteiger partial charge in [0.1, 0.15) is 16.4 Å². The lowest BCUT2D eigenvalue weighted by Crippen LogP contribution is -2.24. The van der Waals surface area contributed by atoms with E-state index in [4.69, 9.17) is 4.74 Å². The van der Waals surface area contributed by atoms with Gasteiger partial charge in [-0.25, -0.2) is 4.98 Å². The molecule has 1 aromatic heterocycles. The molecule has 160 valence electrons. The first kappa shape index (κ1) is 22.6. The summed E-state index contributed by atoms with van der Waals surface area (Å²) in [6, 6.07) is 17.1. The quantitative estimate of drug-likeness (QED) is 0.348. The predicted molar refractivity (Wildman–Crippen MR) is 127 cm³/mol. The van der Waals surface area contributed by atoms with E-state index in [0.717, 1.165) is 11.1 Å². The second-order valence-electron chi connectivity index (χ2n) is 6.55. The third-order valence-corrected chi connectivity index (χ3v) is 6.18. The van der Waals surface area contributed by atoms with Crippen molar-refractivity contribution in [1.29, 1.82) is 0 Å². The molecule has 0 aliphatic heterocycles. The van der Waals surface area contributed by atoms with Gasteiger partial charge in [0, 0.05) is 12.1 Å². The topological polar surface area (TPSA) is 80.3 Å². The van der Waals surface area contributed by atoms with E-state index in [-0.39, 0.29) is 24.2 Å². The van der Waals surface area contributed by atoms with E-state index >= 15 is 0 Å². The lowest BCUT2D eigenvalue weighted by molar-refractivity contribution is -0.119. The Bertz CT molecular complexity index is 1030. The van der Waals surface area contributed by atoms with E-state index in [1.165, 1.54) is 23.1 Å². The molecular weight excluding hydrogens is 430 g/mol. The van der Waals surface area contributed by atoms with Crippen LogP contribution in [-0.2, 0) is 9.59 Å². The second-order valence-corrected chi connectivity index (χ2v) is 8.78. The molecule has 0 bridgehead atoms. The van der Waals surface area contributed by atoms with Crippen LogP contribution in [0.4, 0.5) is 5.00 Å². The van der Waals surface area contributed by atoms with E-state index in [9.17, 15) is 9.59 Å². The Morgan fingerprint density at radius 2 is 1.87 bits per heavy atom. The molecule has 2 amide bonds. The van der Waals surface area contributed by atoms with Crippen molar-refractivity contribution in [1.82, 2.24) is 10.3 Å². The summed E-state index contributed by atoms with van der Waals surface area (Å²) in [5, 5.41) is 6.26. The second kappa shape index (κ2) is 11.3. The Morgan fingerprint density at radius 3 is 2.58 bits per heavy atom. The summed E-state index contributed by atoms with van der Waals surface area (Å²) in [7, 11) is 0. The number of anilines is 1. The molecule has 8 heteroatoms. The van der Waals surface area contributed by atoms with Crippen molar-refractivity contribution in [3.63, 3.8) is 0 Å². The van der Waals surface area contributed by atoms with E-state index in [2.05, 4.69) is 22.2 Å². The average molecular weight is 454 g/mol. The molecule has 0 saturated heterocycles. The number of nitrogens with one attached hydrogen (secondary N) is 2. The van der Waals surface area contributed by atoms with E-state index in [1.807, 2.05) is 61.5 Å².